The van der Waals surface area contributed by atoms with E-state index in [1.165, 1.54) is 37.6 Å². The van der Waals surface area contributed by atoms with Gasteiger partial charge in [0.25, 0.3) is 0 Å². The fraction of sp³-hybridized carbons (Fsp3) is 0.158. The highest BCUT2D eigenvalue weighted by atomic mass is 16.5. The number of aromatic hydroxyl groups is 1. The maximum Gasteiger partial charge on any atom is 0.338 e. The molecule has 0 radical (unpaired) electrons. The summed E-state index contributed by atoms with van der Waals surface area (Å²) in [7, 11) is 1.40. The van der Waals surface area contributed by atoms with E-state index >= 15 is 0 Å². The number of para-hydroxylation sites is 1. The number of ether oxygens (including phenoxy) is 2. The van der Waals surface area contributed by atoms with Crippen LogP contribution in [-0.4, -0.2) is 42.8 Å². The second-order valence-electron chi connectivity index (χ2n) is 5.35. The molecule has 2 aromatic rings. The van der Waals surface area contributed by atoms with Crippen LogP contribution in [0.25, 0.3) is 0 Å². The Morgan fingerprint density at radius 2 is 1.82 bits per heavy atom. The maximum absolute atomic E-state index is 11.9. The number of carbonyl (C=O) groups excluding carboxylic acids is 3. The van der Waals surface area contributed by atoms with Gasteiger partial charge in [-0.15, -0.1) is 0 Å². The fourth-order valence-electron chi connectivity index (χ4n) is 2.11. The number of nitrogens with one attached hydrogen (secondary N) is 2. The van der Waals surface area contributed by atoms with Gasteiger partial charge in [-0.25, -0.2) is 10.2 Å². The van der Waals surface area contributed by atoms with Crippen molar-refractivity contribution in [1.29, 1.82) is 0 Å². The lowest BCUT2D eigenvalue weighted by Crippen LogP contribution is -2.32. The van der Waals surface area contributed by atoms with Crippen LogP contribution in [-0.2, 0) is 14.3 Å². The summed E-state index contributed by atoms with van der Waals surface area (Å²) in [4.78, 5) is 35.3. The van der Waals surface area contributed by atoms with Crippen LogP contribution < -0.4 is 15.5 Å². The highest BCUT2D eigenvalue weighted by Crippen LogP contribution is 2.27. The summed E-state index contributed by atoms with van der Waals surface area (Å²) in [5.41, 5.74) is 3.00. The molecular weight excluding hydrogens is 366 g/mol. The Labute approximate surface area is 161 Å². The largest absolute Gasteiger partial charge is 0.504 e. The Morgan fingerprint density at radius 1 is 1.11 bits per heavy atom. The number of phenolic OH excluding ortho intramolecular Hbond substituents is 1. The van der Waals surface area contributed by atoms with Crippen molar-refractivity contribution in [3.8, 4) is 11.5 Å². The van der Waals surface area contributed by atoms with Crippen LogP contribution >= 0.6 is 0 Å². The number of hydrogen-bond acceptors (Lipinski definition) is 7. The molecule has 0 saturated carbocycles. The zero-order valence-corrected chi connectivity index (χ0v) is 15.3. The summed E-state index contributed by atoms with van der Waals surface area (Å²) in [6.45, 7) is 1.95. The molecule has 0 aromatic heterocycles. The average molecular weight is 385 g/mol. The van der Waals surface area contributed by atoms with Gasteiger partial charge in [-0.05, 0) is 43.3 Å². The minimum Gasteiger partial charge on any atom is -0.504 e. The Balaban J connectivity index is 1.92. The Hall–Kier alpha value is -3.88. The zero-order chi connectivity index (χ0) is 20.5. The summed E-state index contributed by atoms with van der Waals surface area (Å²) in [6, 6.07) is 10.6. The number of amides is 2. The standard InChI is InChI=1S/C19H19N3O6/c1-3-28-19(26)12-7-9-14(10-8-12)21-17(24)18(25)22-20-11-13-5-4-6-15(27-2)16(13)23/h4-11,23H,3H2,1-2H3,(H,21,24)(H,22,25)/b20-11+. The normalized spacial score (nSPS) is 10.4. The fourth-order valence-corrected chi connectivity index (χ4v) is 2.11. The minimum atomic E-state index is -1.01. The third-order valence-corrected chi connectivity index (χ3v) is 3.48. The van der Waals surface area contributed by atoms with E-state index in [0.717, 1.165) is 0 Å². The van der Waals surface area contributed by atoms with Crippen LogP contribution in [0.4, 0.5) is 5.69 Å². The molecule has 0 aliphatic carbocycles. The van der Waals surface area contributed by atoms with E-state index in [0.29, 0.717) is 16.8 Å². The van der Waals surface area contributed by atoms with Gasteiger partial charge in [-0.1, -0.05) is 6.07 Å². The van der Waals surface area contributed by atoms with E-state index in [1.54, 1.807) is 25.1 Å². The molecule has 2 aromatic carbocycles. The predicted octanol–water partition coefficient (Wildman–Crippen LogP) is 1.67. The summed E-state index contributed by atoms with van der Waals surface area (Å²) >= 11 is 0. The summed E-state index contributed by atoms with van der Waals surface area (Å²) in [6.07, 6.45) is 1.18. The van der Waals surface area contributed by atoms with Crippen molar-refractivity contribution in [2.24, 2.45) is 5.10 Å². The van der Waals surface area contributed by atoms with Crippen molar-refractivity contribution in [3.05, 3.63) is 53.6 Å². The smallest absolute Gasteiger partial charge is 0.338 e. The molecule has 28 heavy (non-hydrogen) atoms. The summed E-state index contributed by atoms with van der Waals surface area (Å²) in [5.74, 6) is -2.33. The number of methoxy groups -OCH3 is 1. The maximum atomic E-state index is 11.9. The number of hydrazone groups is 1. The first-order chi connectivity index (χ1) is 13.5. The third kappa shape index (κ3) is 5.31. The zero-order valence-electron chi connectivity index (χ0n) is 15.3. The van der Waals surface area contributed by atoms with E-state index in [1.807, 2.05) is 0 Å². The number of phenols is 1. The number of carbonyl (C=O) groups is 3. The molecule has 0 aliphatic rings. The lowest BCUT2D eigenvalue weighted by Gasteiger charge is -2.06. The molecule has 0 atom stereocenters. The molecule has 0 fully saturated rings. The number of anilines is 1. The van der Waals surface area contributed by atoms with Crippen LogP contribution in [0.3, 0.4) is 0 Å². The molecule has 2 rings (SSSR count). The predicted molar refractivity (Wildman–Crippen MR) is 101 cm³/mol. The number of rotatable bonds is 6. The Kier molecular flexibility index (Phi) is 7.09. The highest BCUT2D eigenvalue weighted by molar-refractivity contribution is 6.39. The van der Waals surface area contributed by atoms with Gasteiger partial charge in [0.05, 0.1) is 25.5 Å². The van der Waals surface area contributed by atoms with Gasteiger partial charge in [-0.2, -0.15) is 5.10 Å². The van der Waals surface area contributed by atoms with Crippen molar-refractivity contribution >= 4 is 29.7 Å². The van der Waals surface area contributed by atoms with Crippen molar-refractivity contribution in [2.45, 2.75) is 6.92 Å². The first-order valence-electron chi connectivity index (χ1n) is 8.23. The van der Waals surface area contributed by atoms with Gasteiger partial charge in [0.2, 0.25) is 0 Å². The minimum absolute atomic E-state index is 0.144. The van der Waals surface area contributed by atoms with Crippen LogP contribution in [0.2, 0.25) is 0 Å². The second-order valence-corrected chi connectivity index (χ2v) is 5.35. The van der Waals surface area contributed by atoms with Gasteiger partial charge in [0.15, 0.2) is 11.5 Å². The molecule has 0 spiro atoms. The molecule has 3 N–H and O–H groups in total. The SMILES string of the molecule is CCOC(=O)c1ccc(NC(=O)C(=O)N/N=C/c2cccc(OC)c2O)cc1. The first kappa shape index (κ1) is 20.4. The van der Waals surface area contributed by atoms with Crippen molar-refractivity contribution in [3.63, 3.8) is 0 Å². The van der Waals surface area contributed by atoms with E-state index in [-0.39, 0.29) is 18.1 Å². The van der Waals surface area contributed by atoms with Gasteiger partial charge in [0.1, 0.15) is 0 Å². The summed E-state index contributed by atoms with van der Waals surface area (Å²) in [5, 5.41) is 15.9. The second kappa shape index (κ2) is 9.72. The van der Waals surface area contributed by atoms with E-state index < -0.39 is 17.8 Å². The molecule has 0 unspecified atom stereocenters. The van der Waals surface area contributed by atoms with E-state index in [9.17, 15) is 19.5 Å². The number of benzene rings is 2. The van der Waals surface area contributed by atoms with Crippen LogP contribution in [0.15, 0.2) is 47.6 Å². The number of esters is 1. The van der Waals surface area contributed by atoms with E-state index in [2.05, 4.69) is 15.8 Å². The molecule has 0 aliphatic heterocycles. The lowest BCUT2D eigenvalue weighted by molar-refractivity contribution is -0.136. The van der Waals surface area contributed by atoms with Gasteiger partial charge >= 0.3 is 17.8 Å². The quantitative estimate of drug-likeness (QED) is 0.300. The van der Waals surface area contributed by atoms with E-state index in [4.69, 9.17) is 9.47 Å². The van der Waals surface area contributed by atoms with Crippen LogP contribution in [0, 0.1) is 0 Å². The van der Waals surface area contributed by atoms with Crippen molar-refractivity contribution in [2.75, 3.05) is 19.0 Å². The van der Waals surface area contributed by atoms with Crippen LogP contribution in [0.1, 0.15) is 22.8 Å². The Bertz CT molecular complexity index is 893. The molecule has 2 amide bonds. The molecule has 0 saturated heterocycles. The van der Waals surface area contributed by atoms with Crippen molar-refractivity contribution in [1.82, 2.24) is 5.43 Å². The lowest BCUT2D eigenvalue weighted by atomic mass is 10.2. The third-order valence-electron chi connectivity index (χ3n) is 3.48. The molecular formula is C19H19N3O6. The molecule has 9 heteroatoms. The monoisotopic (exact) mass is 385 g/mol. The number of nitrogens with zero attached hydrogens (tertiary/aromatic N) is 1. The topological polar surface area (TPSA) is 126 Å². The van der Waals surface area contributed by atoms with Crippen molar-refractivity contribution < 1.29 is 29.0 Å². The van der Waals surface area contributed by atoms with Crippen LogP contribution in [0.5, 0.6) is 11.5 Å². The first-order valence-corrected chi connectivity index (χ1v) is 8.23. The van der Waals surface area contributed by atoms with Gasteiger partial charge in [-0.3, -0.25) is 9.59 Å². The Morgan fingerprint density at radius 3 is 2.46 bits per heavy atom. The molecule has 9 nitrogen and oxygen atoms in total. The molecule has 146 valence electrons. The number of hydrogen-bond donors (Lipinski definition) is 3. The van der Waals surface area contributed by atoms with Gasteiger partial charge < -0.3 is 19.9 Å². The molecule has 0 bridgehead atoms. The summed E-state index contributed by atoms with van der Waals surface area (Å²) < 4.78 is 9.82. The van der Waals surface area contributed by atoms with Gasteiger partial charge in [0, 0.05) is 11.3 Å². The molecule has 0 heterocycles. The highest BCUT2D eigenvalue weighted by Gasteiger charge is 2.14. The average Bonchev–Trinajstić information content (AvgIpc) is 2.69.